The molecule has 8 heteroatoms. The first kappa shape index (κ1) is 21.5. The van der Waals surface area contributed by atoms with Crippen molar-refractivity contribution in [2.75, 3.05) is 5.32 Å². The summed E-state index contributed by atoms with van der Waals surface area (Å²) in [5, 5.41) is 8.32. The molecule has 1 aliphatic rings. The van der Waals surface area contributed by atoms with Crippen LogP contribution in [0.4, 0.5) is 5.69 Å². The fourth-order valence-corrected chi connectivity index (χ4v) is 3.99. The van der Waals surface area contributed by atoms with Gasteiger partial charge in [0.25, 0.3) is 5.91 Å². The van der Waals surface area contributed by atoms with Crippen LogP contribution in [0.15, 0.2) is 48.5 Å². The Morgan fingerprint density at radius 3 is 2.59 bits per heavy atom. The quantitative estimate of drug-likeness (QED) is 0.556. The number of benzene rings is 2. The predicted molar refractivity (Wildman–Crippen MR) is 122 cm³/mol. The highest BCUT2D eigenvalue weighted by molar-refractivity contribution is 6.10. The molecule has 3 aromatic rings. The molecule has 4 rings (SSSR count). The van der Waals surface area contributed by atoms with Gasteiger partial charge in [-0.05, 0) is 37.1 Å². The van der Waals surface area contributed by atoms with Crippen molar-refractivity contribution in [3.05, 3.63) is 59.9 Å². The van der Waals surface area contributed by atoms with E-state index in [-0.39, 0.29) is 24.3 Å². The molecule has 2 atom stereocenters. The van der Waals surface area contributed by atoms with Crippen molar-refractivity contribution in [1.29, 1.82) is 0 Å². The first-order chi connectivity index (χ1) is 15.3. The molecule has 1 aromatic heterocycles. The number of rotatable bonds is 6. The van der Waals surface area contributed by atoms with E-state index in [9.17, 15) is 14.4 Å². The van der Waals surface area contributed by atoms with E-state index >= 15 is 0 Å². The Morgan fingerprint density at radius 1 is 1.09 bits per heavy atom. The van der Waals surface area contributed by atoms with Crippen LogP contribution in [-0.2, 0) is 16.1 Å². The molecule has 2 heterocycles. The van der Waals surface area contributed by atoms with Gasteiger partial charge in [0, 0.05) is 6.54 Å². The van der Waals surface area contributed by atoms with Crippen LogP contribution < -0.4 is 16.0 Å². The molecule has 0 spiro atoms. The lowest BCUT2D eigenvalue weighted by molar-refractivity contribution is -0.126. The van der Waals surface area contributed by atoms with Crippen molar-refractivity contribution in [2.24, 2.45) is 5.92 Å². The molecule has 0 aliphatic carbocycles. The van der Waals surface area contributed by atoms with Crippen molar-refractivity contribution in [3.8, 4) is 0 Å². The minimum atomic E-state index is -0.961. The highest BCUT2D eigenvalue weighted by atomic mass is 16.2. The maximum Gasteiger partial charge on any atom is 0.254 e. The first-order valence-corrected chi connectivity index (χ1v) is 10.8. The minimum absolute atomic E-state index is 0.166. The van der Waals surface area contributed by atoms with Gasteiger partial charge in [-0.1, -0.05) is 38.1 Å². The lowest BCUT2D eigenvalue weighted by atomic mass is 10.1. The molecule has 2 aromatic carbocycles. The van der Waals surface area contributed by atoms with E-state index < -0.39 is 11.9 Å². The van der Waals surface area contributed by atoms with Crippen molar-refractivity contribution in [1.82, 2.24) is 20.2 Å². The summed E-state index contributed by atoms with van der Waals surface area (Å²) in [5.74, 6) is 0.0181. The van der Waals surface area contributed by atoms with Crippen molar-refractivity contribution < 1.29 is 14.4 Å². The van der Waals surface area contributed by atoms with E-state index in [1.54, 1.807) is 24.3 Å². The third-order valence-corrected chi connectivity index (χ3v) is 5.44. The zero-order valence-corrected chi connectivity index (χ0v) is 18.4. The van der Waals surface area contributed by atoms with Gasteiger partial charge in [-0.25, -0.2) is 4.98 Å². The third-order valence-electron chi connectivity index (χ3n) is 5.44. The van der Waals surface area contributed by atoms with E-state index in [1.165, 1.54) is 0 Å². The smallest absolute Gasteiger partial charge is 0.254 e. The van der Waals surface area contributed by atoms with E-state index in [2.05, 4.69) is 34.4 Å². The lowest BCUT2D eigenvalue weighted by Crippen LogP contribution is -2.45. The summed E-state index contributed by atoms with van der Waals surface area (Å²) in [4.78, 5) is 42.6. The molecule has 1 aliphatic heterocycles. The van der Waals surface area contributed by atoms with Gasteiger partial charge in [0.2, 0.25) is 11.8 Å². The van der Waals surface area contributed by atoms with Gasteiger partial charge in [-0.2, -0.15) is 0 Å². The van der Waals surface area contributed by atoms with Gasteiger partial charge < -0.3 is 20.5 Å². The largest absolute Gasteiger partial charge is 0.346 e. The van der Waals surface area contributed by atoms with Gasteiger partial charge in [0.05, 0.1) is 34.7 Å². The summed E-state index contributed by atoms with van der Waals surface area (Å²) in [6.07, 6.45) is -0.166. The zero-order valence-electron chi connectivity index (χ0n) is 18.4. The molecule has 0 bridgehead atoms. The van der Waals surface area contributed by atoms with Gasteiger partial charge >= 0.3 is 0 Å². The molecule has 0 radical (unpaired) electrons. The molecule has 1 unspecified atom stereocenters. The number of carbonyl (C=O) groups is 3. The number of hydrogen-bond acceptors (Lipinski definition) is 4. The number of para-hydroxylation sites is 3. The van der Waals surface area contributed by atoms with Crippen LogP contribution in [-0.4, -0.2) is 33.3 Å². The molecule has 0 saturated heterocycles. The number of fused-ring (bicyclic) bond motifs is 2. The number of hydrogen-bond donors (Lipinski definition) is 3. The maximum atomic E-state index is 12.8. The molecule has 3 amide bonds. The molecule has 0 saturated carbocycles. The average molecular weight is 434 g/mol. The van der Waals surface area contributed by atoms with Crippen molar-refractivity contribution >= 4 is 34.4 Å². The minimum Gasteiger partial charge on any atom is -0.346 e. The molecular formula is C24H27N5O3. The standard InChI is InChI=1S/C24H27N5O3/c1-14(2)13-29-20-11-7-6-10-18(20)26-22(29)15(3)25-21(30)12-19-24(32)27-17-9-5-4-8-16(17)23(31)28-19/h4-11,14-15,19H,12-13H2,1-3H3,(H,25,30)(H,27,32)(H,28,31)/t15-,19?/m0/s1. The first-order valence-electron chi connectivity index (χ1n) is 10.8. The number of aromatic nitrogens is 2. The van der Waals surface area contributed by atoms with Crippen LogP contribution in [0.1, 0.15) is 49.4 Å². The molecule has 8 nitrogen and oxygen atoms in total. The van der Waals surface area contributed by atoms with Gasteiger partial charge in [0.15, 0.2) is 0 Å². The zero-order chi connectivity index (χ0) is 22.8. The number of nitrogens with zero attached hydrogens (tertiary/aromatic N) is 2. The van der Waals surface area contributed by atoms with Crippen molar-refractivity contribution in [3.63, 3.8) is 0 Å². The second-order valence-corrected chi connectivity index (χ2v) is 8.52. The highest BCUT2D eigenvalue weighted by Gasteiger charge is 2.30. The summed E-state index contributed by atoms with van der Waals surface area (Å²) in [6, 6.07) is 13.3. The maximum absolute atomic E-state index is 12.8. The van der Waals surface area contributed by atoms with Crippen LogP contribution in [0.25, 0.3) is 11.0 Å². The van der Waals surface area contributed by atoms with Crippen LogP contribution in [0, 0.1) is 5.92 Å². The van der Waals surface area contributed by atoms with Crippen LogP contribution in [0.5, 0.6) is 0 Å². The lowest BCUT2D eigenvalue weighted by Gasteiger charge is -2.19. The number of nitrogens with one attached hydrogen (secondary N) is 3. The fraction of sp³-hybridized carbons (Fsp3) is 0.333. The number of anilines is 1. The summed E-state index contributed by atoms with van der Waals surface area (Å²) < 4.78 is 2.13. The predicted octanol–water partition coefficient (Wildman–Crippen LogP) is 3.01. The van der Waals surface area contributed by atoms with Gasteiger partial charge in [0.1, 0.15) is 11.9 Å². The third kappa shape index (κ3) is 4.34. The number of imidazole rings is 1. The Balaban J connectivity index is 1.49. The van der Waals surface area contributed by atoms with E-state index in [4.69, 9.17) is 4.98 Å². The number of carbonyl (C=O) groups excluding carboxylic acids is 3. The van der Waals surface area contributed by atoms with E-state index in [1.807, 2.05) is 31.2 Å². The Kier molecular flexibility index (Phi) is 5.94. The topological polar surface area (TPSA) is 105 Å². The Morgan fingerprint density at radius 2 is 1.81 bits per heavy atom. The second kappa shape index (κ2) is 8.82. The molecule has 32 heavy (non-hydrogen) atoms. The average Bonchev–Trinajstić information content (AvgIpc) is 3.06. The van der Waals surface area contributed by atoms with Gasteiger partial charge in [-0.15, -0.1) is 0 Å². The van der Waals surface area contributed by atoms with Crippen LogP contribution >= 0.6 is 0 Å². The van der Waals surface area contributed by atoms with E-state index in [0.29, 0.717) is 17.2 Å². The Bertz CT molecular complexity index is 1180. The second-order valence-electron chi connectivity index (χ2n) is 8.52. The molecule has 166 valence electrons. The van der Waals surface area contributed by atoms with Crippen LogP contribution in [0.3, 0.4) is 0 Å². The summed E-state index contributed by atoms with van der Waals surface area (Å²) in [6.45, 7) is 6.91. The molecule has 0 fully saturated rings. The summed E-state index contributed by atoms with van der Waals surface area (Å²) in [5.41, 5.74) is 2.70. The normalized spacial score (nSPS) is 16.8. The SMILES string of the molecule is CC(C)Cn1c([C@H](C)NC(=O)CC2NC(=O)c3ccccc3NC2=O)nc2ccccc21. The summed E-state index contributed by atoms with van der Waals surface area (Å²) >= 11 is 0. The monoisotopic (exact) mass is 433 g/mol. The van der Waals surface area contributed by atoms with E-state index in [0.717, 1.165) is 23.4 Å². The molecular weight excluding hydrogens is 406 g/mol. The highest BCUT2D eigenvalue weighted by Crippen LogP contribution is 2.23. The number of amides is 3. The summed E-state index contributed by atoms with van der Waals surface area (Å²) in [7, 11) is 0. The fourth-order valence-electron chi connectivity index (χ4n) is 3.99. The van der Waals surface area contributed by atoms with Crippen LogP contribution in [0.2, 0.25) is 0 Å². The van der Waals surface area contributed by atoms with Gasteiger partial charge in [-0.3, -0.25) is 14.4 Å². The Hall–Kier alpha value is -3.68. The molecule has 3 N–H and O–H groups in total. The van der Waals surface area contributed by atoms with Crippen molar-refractivity contribution in [2.45, 2.75) is 45.8 Å². The Labute approximate surface area is 186 Å².